The van der Waals surface area contributed by atoms with E-state index in [1.165, 1.54) is 5.56 Å². The third kappa shape index (κ3) is 4.30. The first-order valence-electron chi connectivity index (χ1n) is 7.66. The van der Waals surface area contributed by atoms with Crippen molar-refractivity contribution >= 4 is 0 Å². The van der Waals surface area contributed by atoms with Gasteiger partial charge in [0.1, 0.15) is 11.5 Å². The van der Waals surface area contributed by atoms with Gasteiger partial charge in [-0.05, 0) is 42.6 Å². The fourth-order valence-corrected chi connectivity index (χ4v) is 2.13. The van der Waals surface area contributed by atoms with Gasteiger partial charge in [-0.3, -0.25) is 4.98 Å². The van der Waals surface area contributed by atoms with E-state index in [1.807, 2.05) is 24.4 Å². The minimum Gasteiger partial charge on any atom is -0.457 e. The first-order valence-corrected chi connectivity index (χ1v) is 7.66. The van der Waals surface area contributed by atoms with Crippen molar-refractivity contribution < 1.29 is 4.74 Å². The molecule has 0 amide bonds. The summed E-state index contributed by atoms with van der Waals surface area (Å²) in [6.07, 6.45) is 4.77. The van der Waals surface area contributed by atoms with Crippen molar-refractivity contribution in [3.8, 4) is 11.5 Å². The second kappa shape index (κ2) is 7.79. The Balaban J connectivity index is 2.11. The van der Waals surface area contributed by atoms with Crippen LogP contribution in [0.15, 0.2) is 42.7 Å². The molecule has 1 N–H and O–H groups in total. The zero-order valence-electron chi connectivity index (χ0n) is 13.1. The number of rotatable bonds is 7. The standard InChI is InChI=1S/C18H24N2O/c1-4-14(3)15-6-8-17(9-7-15)21-18-10-11-20-13-16(18)12-19-5-2/h6-11,13-14,19H,4-5,12H2,1-3H3. The van der Waals surface area contributed by atoms with Crippen LogP contribution in [0, 0.1) is 0 Å². The largest absolute Gasteiger partial charge is 0.457 e. The highest BCUT2D eigenvalue weighted by Gasteiger charge is 2.06. The Kier molecular flexibility index (Phi) is 5.76. The lowest BCUT2D eigenvalue weighted by molar-refractivity contribution is 0.472. The van der Waals surface area contributed by atoms with E-state index in [0.29, 0.717) is 5.92 Å². The summed E-state index contributed by atoms with van der Waals surface area (Å²) in [7, 11) is 0. The number of ether oxygens (including phenoxy) is 1. The van der Waals surface area contributed by atoms with Gasteiger partial charge in [0.15, 0.2) is 0 Å². The Morgan fingerprint density at radius 3 is 2.57 bits per heavy atom. The number of nitrogens with one attached hydrogen (secondary N) is 1. The number of benzene rings is 1. The maximum Gasteiger partial charge on any atom is 0.134 e. The zero-order chi connectivity index (χ0) is 15.1. The van der Waals surface area contributed by atoms with Crippen LogP contribution in [0.5, 0.6) is 11.5 Å². The summed E-state index contributed by atoms with van der Waals surface area (Å²) in [4.78, 5) is 4.17. The van der Waals surface area contributed by atoms with Gasteiger partial charge in [-0.2, -0.15) is 0 Å². The van der Waals surface area contributed by atoms with Crippen molar-refractivity contribution in [3.05, 3.63) is 53.9 Å². The molecule has 0 aliphatic rings. The molecule has 3 heteroatoms. The van der Waals surface area contributed by atoms with Crippen LogP contribution in [0.1, 0.15) is 44.2 Å². The lowest BCUT2D eigenvalue weighted by Gasteiger charge is -2.13. The topological polar surface area (TPSA) is 34.2 Å². The quantitative estimate of drug-likeness (QED) is 0.813. The van der Waals surface area contributed by atoms with Crippen LogP contribution in [0.3, 0.4) is 0 Å². The van der Waals surface area contributed by atoms with Crippen LogP contribution in [0.4, 0.5) is 0 Å². The molecule has 2 aromatic rings. The van der Waals surface area contributed by atoms with Crippen molar-refractivity contribution in [2.45, 2.75) is 39.7 Å². The fraction of sp³-hybridized carbons (Fsp3) is 0.389. The lowest BCUT2D eigenvalue weighted by atomic mass is 9.99. The van der Waals surface area contributed by atoms with Gasteiger partial charge in [0.05, 0.1) is 0 Å². The molecular formula is C18H24N2O. The van der Waals surface area contributed by atoms with Gasteiger partial charge >= 0.3 is 0 Å². The molecule has 0 aliphatic heterocycles. The predicted molar refractivity (Wildman–Crippen MR) is 86.8 cm³/mol. The van der Waals surface area contributed by atoms with E-state index in [1.54, 1.807) is 6.20 Å². The van der Waals surface area contributed by atoms with Crippen molar-refractivity contribution in [3.63, 3.8) is 0 Å². The molecule has 1 unspecified atom stereocenters. The number of aromatic nitrogens is 1. The number of nitrogens with zero attached hydrogens (tertiary/aromatic N) is 1. The van der Waals surface area contributed by atoms with Gasteiger partial charge in [-0.1, -0.05) is 32.9 Å². The summed E-state index contributed by atoms with van der Waals surface area (Å²) in [5.41, 5.74) is 2.43. The monoisotopic (exact) mass is 284 g/mol. The minimum absolute atomic E-state index is 0.587. The zero-order valence-corrected chi connectivity index (χ0v) is 13.1. The first-order chi connectivity index (χ1) is 10.2. The highest BCUT2D eigenvalue weighted by atomic mass is 16.5. The molecule has 0 radical (unpaired) electrons. The fourth-order valence-electron chi connectivity index (χ4n) is 2.13. The van der Waals surface area contributed by atoms with Crippen molar-refractivity contribution in [1.29, 1.82) is 0 Å². The third-order valence-electron chi connectivity index (χ3n) is 3.71. The molecule has 21 heavy (non-hydrogen) atoms. The van der Waals surface area contributed by atoms with Gasteiger partial charge in [-0.15, -0.1) is 0 Å². The van der Waals surface area contributed by atoms with E-state index in [9.17, 15) is 0 Å². The molecule has 2 rings (SSSR count). The SMILES string of the molecule is CCNCc1cnccc1Oc1ccc(C(C)CC)cc1. The van der Waals surface area contributed by atoms with E-state index in [0.717, 1.165) is 36.6 Å². The van der Waals surface area contributed by atoms with Gasteiger partial charge < -0.3 is 10.1 Å². The van der Waals surface area contributed by atoms with Crippen LogP contribution in [0.25, 0.3) is 0 Å². The Morgan fingerprint density at radius 1 is 1.14 bits per heavy atom. The average Bonchev–Trinajstić information content (AvgIpc) is 2.54. The van der Waals surface area contributed by atoms with E-state index in [2.05, 4.69) is 43.2 Å². The van der Waals surface area contributed by atoms with E-state index in [-0.39, 0.29) is 0 Å². The highest BCUT2D eigenvalue weighted by Crippen LogP contribution is 2.27. The molecule has 0 saturated heterocycles. The Labute approximate surface area is 127 Å². The third-order valence-corrected chi connectivity index (χ3v) is 3.71. The maximum absolute atomic E-state index is 5.99. The lowest BCUT2D eigenvalue weighted by Crippen LogP contribution is -2.12. The van der Waals surface area contributed by atoms with E-state index >= 15 is 0 Å². The molecule has 0 fully saturated rings. The molecule has 1 atom stereocenters. The molecule has 1 aromatic heterocycles. The summed E-state index contributed by atoms with van der Waals surface area (Å²) in [5.74, 6) is 2.32. The maximum atomic E-state index is 5.99. The summed E-state index contributed by atoms with van der Waals surface area (Å²) in [6.45, 7) is 8.24. The molecule has 112 valence electrons. The molecule has 0 saturated carbocycles. The van der Waals surface area contributed by atoms with Crippen LogP contribution < -0.4 is 10.1 Å². The predicted octanol–water partition coefficient (Wildman–Crippen LogP) is 4.50. The van der Waals surface area contributed by atoms with Crippen molar-refractivity contribution in [1.82, 2.24) is 10.3 Å². The Hall–Kier alpha value is -1.87. The average molecular weight is 284 g/mol. The first kappa shape index (κ1) is 15.5. The number of hydrogen-bond acceptors (Lipinski definition) is 3. The molecular weight excluding hydrogens is 260 g/mol. The van der Waals surface area contributed by atoms with Gasteiger partial charge in [0.25, 0.3) is 0 Å². The molecule has 1 aromatic carbocycles. The normalized spacial score (nSPS) is 12.1. The van der Waals surface area contributed by atoms with Crippen molar-refractivity contribution in [2.75, 3.05) is 6.54 Å². The summed E-state index contributed by atoms with van der Waals surface area (Å²) in [6, 6.07) is 10.3. The molecule has 0 spiro atoms. The molecule has 0 aliphatic carbocycles. The second-order valence-electron chi connectivity index (χ2n) is 5.24. The summed E-state index contributed by atoms with van der Waals surface area (Å²) < 4.78 is 5.99. The molecule has 0 bridgehead atoms. The number of pyridine rings is 1. The van der Waals surface area contributed by atoms with Crippen LogP contribution in [-0.4, -0.2) is 11.5 Å². The van der Waals surface area contributed by atoms with Gasteiger partial charge in [-0.25, -0.2) is 0 Å². The van der Waals surface area contributed by atoms with Crippen molar-refractivity contribution in [2.24, 2.45) is 0 Å². The molecule has 3 nitrogen and oxygen atoms in total. The Bertz CT molecular complexity index is 551. The highest BCUT2D eigenvalue weighted by molar-refractivity contribution is 5.37. The number of hydrogen-bond donors (Lipinski definition) is 1. The van der Waals surface area contributed by atoms with Gasteiger partial charge in [0, 0.05) is 24.5 Å². The van der Waals surface area contributed by atoms with Crippen LogP contribution in [-0.2, 0) is 6.54 Å². The van der Waals surface area contributed by atoms with E-state index in [4.69, 9.17) is 4.74 Å². The van der Waals surface area contributed by atoms with Crippen LogP contribution in [0.2, 0.25) is 0 Å². The summed E-state index contributed by atoms with van der Waals surface area (Å²) >= 11 is 0. The second-order valence-corrected chi connectivity index (χ2v) is 5.24. The van der Waals surface area contributed by atoms with Gasteiger partial charge in [0.2, 0.25) is 0 Å². The minimum atomic E-state index is 0.587. The Morgan fingerprint density at radius 2 is 1.90 bits per heavy atom. The van der Waals surface area contributed by atoms with Crippen LogP contribution >= 0.6 is 0 Å². The summed E-state index contributed by atoms with van der Waals surface area (Å²) in [5, 5.41) is 3.30. The molecule has 1 heterocycles. The smallest absolute Gasteiger partial charge is 0.134 e. The van der Waals surface area contributed by atoms with E-state index < -0.39 is 0 Å².